The number of carbonyl (C=O) groups is 1. The van der Waals surface area contributed by atoms with Crippen molar-refractivity contribution < 1.29 is 18.9 Å². The van der Waals surface area contributed by atoms with Gasteiger partial charge in [-0.3, -0.25) is 14.9 Å². The first-order valence-corrected chi connectivity index (χ1v) is 9.11. The number of para-hydroxylation sites is 1. The predicted molar refractivity (Wildman–Crippen MR) is 103 cm³/mol. The first-order valence-electron chi connectivity index (χ1n) is 8.12. The van der Waals surface area contributed by atoms with Crippen LogP contribution < -0.4 is 10.1 Å². The summed E-state index contributed by atoms with van der Waals surface area (Å²) >= 11 is 1.04. The third-order valence-electron chi connectivity index (χ3n) is 3.77. The Balaban J connectivity index is 1.63. The molecule has 0 fully saturated rings. The Morgan fingerprint density at radius 3 is 2.79 bits per heavy atom. The molecule has 0 atom stereocenters. The fraction of sp³-hybridized carbons (Fsp3) is 0.167. The minimum atomic E-state index is -0.517. The number of methoxy groups -OCH3 is 1. The van der Waals surface area contributed by atoms with Crippen LogP contribution in [0.25, 0.3) is 11.5 Å². The first-order chi connectivity index (χ1) is 13.5. The summed E-state index contributed by atoms with van der Waals surface area (Å²) in [5.74, 6) is 0.535. The Hall–Kier alpha value is -3.40. The Kier molecular flexibility index (Phi) is 5.90. The van der Waals surface area contributed by atoms with E-state index >= 15 is 0 Å². The Bertz CT molecular complexity index is 1020. The number of ether oxygens (including phenoxy) is 1. The topological polar surface area (TPSA) is 120 Å². The van der Waals surface area contributed by atoms with Crippen molar-refractivity contribution in [2.24, 2.45) is 0 Å². The minimum Gasteiger partial charge on any atom is -0.497 e. The van der Waals surface area contributed by atoms with Gasteiger partial charge in [-0.1, -0.05) is 23.9 Å². The number of thioether (sulfide) groups is 1. The Labute approximate surface area is 164 Å². The first kappa shape index (κ1) is 19.4. The number of hydrogen-bond acceptors (Lipinski definition) is 8. The lowest BCUT2D eigenvalue weighted by atomic mass is 10.2. The molecule has 0 spiro atoms. The van der Waals surface area contributed by atoms with Crippen LogP contribution in [0.4, 0.5) is 11.4 Å². The lowest BCUT2D eigenvalue weighted by molar-refractivity contribution is -0.384. The van der Waals surface area contributed by atoms with Crippen LogP contribution >= 0.6 is 11.8 Å². The summed E-state index contributed by atoms with van der Waals surface area (Å²) in [7, 11) is 1.58. The average molecular weight is 400 g/mol. The molecule has 0 saturated heterocycles. The molecule has 0 aliphatic heterocycles. The summed E-state index contributed by atoms with van der Waals surface area (Å²) < 4.78 is 10.6. The van der Waals surface area contributed by atoms with Gasteiger partial charge in [-0.15, -0.1) is 10.2 Å². The number of rotatable bonds is 7. The quantitative estimate of drug-likeness (QED) is 0.362. The zero-order chi connectivity index (χ0) is 20.1. The average Bonchev–Trinajstić information content (AvgIpc) is 3.17. The molecule has 0 unspecified atom stereocenters. The molecule has 1 heterocycles. The van der Waals surface area contributed by atoms with E-state index in [2.05, 4.69) is 15.5 Å². The smallest absolute Gasteiger partial charge is 0.282 e. The molecule has 0 aliphatic rings. The van der Waals surface area contributed by atoms with E-state index in [0.717, 1.165) is 17.3 Å². The molecule has 1 amide bonds. The molecule has 0 radical (unpaired) electrons. The number of nitro groups is 1. The highest BCUT2D eigenvalue weighted by Crippen LogP contribution is 2.30. The van der Waals surface area contributed by atoms with Crippen LogP contribution in [0.15, 0.2) is 52.1 Å². The van der Waals surface area contributed by atoms with Crippen molar-refractivity contribution >= 4 is 29.0 Å². The largest absolute Gasteiger partial charge is 0.497 e. The fourth-order valence-corrected chi connectivity index (χ4v) is 2.97. The normalized spacial score (nSPS) is 10.5. The Morgan fingerprint density at radius 2 is 2.07 bits per heavy atom. The van der Waals surface area contributed by atoms with Crippen molar-refractivity contribution in [1.82, 2.24) is 10.2 Å². The van der Waals surface area contributed by atoms with Crippen LogP contribution in [0, 0.1) is 17.0 Å². The number of anilines is 1. The molecule has 28 heavy (non-hydrogen) atoms. The van der Waals surface area contributed by atoms with Gasteiger partial charge < -0.3 is 14.5 Å². The molecule has 1 aromatic heterocycles. The summed E-state index contributed by atoms with van der Waals surface area (Å²) in [6.07, 6.45) is 0. The standard InChI is InChI=1S/C18H16N4O5S/c1-11-9-12(26-2)7-8-14(11)19-16(23)10-28-18-21-20-17(27-18)13-5-3-4-6-15(13)22(24)25/h3-9H,10H2,1-2H3,(H,19,23). The highest BCUT2D eigenvalue weighted by molar-refractivity contribution is 7.99. The van der Waals surface area contributed by atoms with Crippen molar-refractivity contribution in [2.45, 2.75) is 12.1 Å². The molecule has 10 heteroatoms. The second kappa shape index (κ2) is 8.53. The number of nitrogens with one attached hydrogen (secondary N) is 1. The number of carbonyl (C=O) groups excluding carboxylic acids is 1. The molecule has 2 aromatic carbocycles. The number of benzene rings is 2. The van der Waals surface area contributed by atoms with E-state index in [1.807, 2.05) is 13.0 Å². The van der Waals surface area contributed by atoms with Gasteiger partial charge in [-0.2, -0.15) is 0 Å². The van der Waals surface area contributed by atoms with E-state index in [9.17, 15) is 14.9 Å². The van der Waals surface area contributed by atoms with E-state index < -0.39 is 4.92 Å². The second-order valence-corrected chi connectivity index (χ2v) is 6.59. The maximum atomic E-state index is 12.2. The molecule has 0 bridgehead atoms. The summed E-state index contributed by atoms with van der Waals surface area (Å²) in [4.78, 5) is 22.8. The van der Waals surface area contributed by atoms with Crippen LogP contribution in [0.2, 0.25) is 0 Å². The van der Waals surface area contributed by atoms with Crippen LogP contribution in [0.1, 0.15) is 5.56 Å². The third-order valence-corrected chi connectivity index (χ3v) is 4.59. The maximum absolute atomic E-state index is 12.2. The molecule has 0 saturated carbocycles. The van der Waals surface area contributed by atoms with Gasteiger partial charge in [-0.05, 0) is 36.8 Å². The van der Waals surface area contributed by atoms with Crippen molar-refractivity contribution in [3.05, 3.63) is 58.1 Å². The van der Waals surface area contributed by atoms with E-state index in [1.165, 1.54) is 12.1 Å². The highest BCUT2D eigenvalue weighted by Gasteiger charge is 2.20. The predicted octanol–water partition coefficient (Wildman–Crippen LogP) is 3.69. The number of aromatic nitrogens is 2. The minimum absolute atomic E-state index is 0.0289. The van der Waals surface area contributed by atoms with Gasteiger partial charge in [0.05, 0.1) is 17.8 Å². The van der Waals surface area contributed by atoms with Crippen molar-refractivity contribution in [2.75, 3.05) is 18.2 Å². The zero-order valence-electron chi connectivity index (χ0n) is 15.0. The molecular weight excluding hydrogens is 384 g/mol. The molecule has 144 valence electrons. The van der Waals surface area contributed by atoms with Crippen molar-refractivity contribution in [3.63, 3.8) is 0 Å². The number of aryl methyl sites for hydroxylation is 1. The number of nitro benzene ring substituents is 1. The van der Waals surface area contributed by atoms with E-state index in [1.54, 1.807) is 31.4 Å². The monoisotopic (exact) mass is 400 g/mol. The lowest BCUT2D eigenvalue weighted by Gasteiger charge is -2.09. The van der Waals surface area contributed by atoms with Crippen LogP contribution in [0.3, 0.4) is 0 Å². The summed E-state index contributed by atoms with van der Waals surface area (Å²) in [5, 5.41) is 21.7. The van der Waals surface area contributed by atoms with Gasteiger partial charge >= 0.3 is 0 Å². The molecule has 3 aromatic rings. The van der Waals surface area contributed by atoms with Crippen LogP contribution in [0.5, 0.6) is 5.75 Å². The highest BCUT2D eigenvalue weighted by atomic mass is 32.2. The summed E-state index contributed by atoms with van der Waals surface area (Å²) in [6, 6.07) is 11.4. The number of nitrogens with zero attached hydrogens (tertiary/aromatic N) is 3. The SMILES string of the molecule is COc1ccc(NC(=O)CSc2nnc(-c3ccccc3[N+](=O)[O-])o2)c(C)c1. The number of hydrogen-bond donors (Lipinski definition) is 1. The molecular formula is C18H16N4O5S. The van der Waals surface area contributed by atoms with E-state index in [0.29, 0.717) is 11.4 Å². The number of amides is 1. The van der Waals surface area contributed by atoms with Crippen LogP contribution in [-0.2, 0) is 4.79 Å². The van der Waals surface area contributed by atoms with Gasteiger partial charge in [0, 0.05) is 11.8 Å². The molecule has 9 nitrogen and oxygen atoms in total. The van der Waals surface area contributed by atoms with E-state index in [-0.39, 0.29) is 34.0 Å². The van der Waals surface area contributed by atoms with Gasteiger partial charge in [0.15, 0.2) is 0 Å². The summed E-state index contributed by atoms with van der Waals surface area (Å²) in [6.45, 7) is 1.86. The van der Waals surface area contributed by atoms with E-state index in [4.69, 9.17) is 9.15 Å². The van der Waals surface area contributed by atoms with Crippen molar-refractivity contribution in [3.8, 4) is 17.2 Å². The van der Waals surface area contributed by atoms with Crippen molar-refractivity contribution in [1.29, 1.82) is 0 Å². The van der Waals surface area contributed by atoms with Gasteiger partial charge in [0.25, 0.3) is 16.8 Å². The van der Waals surface area contributed by atoms with Gasteiger partial charge in [-0.25, -0.2) is 0 Å². The molecule has 0 aliphatic carbocycles. The van der Waals surface area contributed by atoms with Crippen LogP contribution in [-0.4, -0.2) is 33.9 Å². The molecule has 3 rings (SSSR count). The zero-order valence-corrected chi connectivity index (χ0v) is 15.9. The second-order valence-electron chi connectivity index (χ2n) is 5.67. The lowest BCUT2D eigenvalue weighted by Crippen LogP contribution is -2.14. The summed E-state index contributed by atoms with van der Waals surface area (Å²) in [5.41, 5.74) is 1.65. The molecule has 1 N–H and O–H groups in total. The van der Waals surface area contributed by atoms with Gasteiger partial charge in [0.2, 0.25) is 5.91 Å². The maximum Gasteiger partial charge on any atom is 0.282 e. The third kappa shape index (κ3) is 4.46. The van der Waals surface area contributed by atoms with Gasteiger partial charge in [0.1, 0.15) is 11.3 Å². The Morgan fingerprint density at radius 1 is 1.29 bits per heavy atom. The fourth-order valence-electron chi connectivity index (χ4n) is 2.41.